The summed E-state index contributed by atoms with van der Waals surface area (Å²) in [6.45, 7) is -0.255. The highest BCUT2D eigenvalue weighted by Crippen LogP contribution is 2.17. The summed E-state index contributed by atoms with van der Waals surface area (Å²) in [7, 11) is 1.30. The van der Waals surface area contributed by atoms with E-state index in [1.165, 1.54) is 7.11 Å². The maximum absolute atomic E-state index is 9.42. The molecule has 0 aromatic carbocycles. The Kier molecular flexibility index (Phi) is 4.04. The Balaban J connectivity index is 2.48. The molecule has 0 radical (unpaired) electrons. The molecule has 1 rings (SSSR count). The van der Waals surface area contributed by atoms with Crippen molar-refractivity contribution in [2.24, 2.45) is 0 Å². The average molecular weight is 194 g/mol. The highest BCUT2D eigenvalue weighted by molar-refractivity contribution is 4.86. The van der Waals surface area contributed by atoms with Crippen LogP contribution in [0.4, 0.5) is 0 Å². The molecular formula is C7H14O6. The van der Waals surface area contributed by atoms with Crippen molar-refractivity contribution in [2.75, 3.05) is 20.3 Å². The molecule has 4 unspecified atom stereocenters. The smallest absolute Gasteiger partial charge is 0.145 e. The lowest BCUT2D eigenvalue weighted by molar-refractivity contribution is -0.350. The summed E-state index contributed by atoms with van der Waals surface area (Å²) in [6, 6.07) is 0. The van der Waals surface area contributed by atoms with Crippen molar-refractivity contribution < 1.29 is 29.8 Å². The van der Waals surface area contributed by atoms with Crippen LogP contribution < -0.4 is 0 Å². The van der Waals surface area contributed by atoms with Crippen LogP contribution in [0.1, 0.15) is 0 Å². The van der Waals surface area contributed by atoms with Crippen LogP contribution in [-0.4, -0.2) is 60.1 Å². The molecule has 78 valence electrons. The molecule has 0 saturated carbocycles. The summed E-state index contributed by atoms with van der Waals surface area (Å²) in [5, 5.41) is 27.5. The fourth-order valence-corrected chi connectivity index (χ4v) is 1.22. The standard InChI is InChI=1S/C7H14O6/c1-11-13-5-3-12-4(2-8)6(9)7(5)10/h4-10H,2-3H2,1H3. The van der Waals surface area contributed by atoms with E-state index in [4.69, 9.17) is 9.84 Å². The molecule has 0 spiro atoms. The number of rotatable bonds is 3. The Morgan fingerprint density at radius 1 is 1.38 bits per heavy atom. The summed E-state index contributed by atoms with van der Waals surface area (Å²) in [5.41, 5.74) is 0. The molecule has 0 aliphatic carbocycles. The van der Waals surface area contributed by atoms with Gasteiger partial charge in [-0.05, 0) is 0 Å². The van der Waals surface area contributed by atoms with Gasteiger partial charge in [-0.1, -0.05) is 0 Å². The Hall–Kier alpha value is -0.240. The summed E-state index contributed by atoms with van der Waals surface area (Å²) in [6.07, 6.45) is -3.74. The minimum Gasteiger partial charge on any atom is -0.394 e. The maximum atomic E-state index is 9.42. The van der Waals surface area contributed by atoms with Crippen LogP contribution in [0.15, 0.2) is 0 Å². The Bertz CT molecular complexity index is 150. The molecule has 1 aliphatic heterocycles. The van der Waals surface area contributed by atoms with Crippen LogP contribution in [0.2, 0.25) is 0 Å². The van der Waals surface area contributed by atoms with E-state index in [1.807, 2.05) is 0 Å². The van der Waals surface area contributed by atoms with E-state index in [9.17, 15) is 10.2 Å². The predicted octanol–water partition coefficient (Wildman–Crippen LogP) is -1.95. The minimum absolute atomic E-state index is 0.0806. The van der Waals surface area contributed by atoms with Crippen molar-refractivity contribution in [3.05, 3.63) is 0 Å². The van der Waals surface area contributed by atoms with Crippen molar-refractivity contribution in [1.82, 2.24) is 0 Å². The first-order chi connectivity index (χ1) is 6.20. The molecule has 4 atom stereocenters. The van der Waals surface area contributed by atoms with Crippen molar-refractivity contribution in [2.45, 2.75) is 24.4 Å². The number of hydrogen-bond acceptors (Lipinski definition) is 6. The van der Waals surface area contributed by atoms with Crippen LogP contribution in [0.5, 0.6) is 0 Å². The van der Waals surface area contributed by atoms with Gasteiger partial charge in [0.1, 0.15) is 24.4 Å². The fourth-order valence-electron chi connectivity index (χ4n) is 1.22. The second-order valence-electron chi connectivity index (χ2n) is 2.84. The Labute approximate surface area is 75.6 Å². The molecule has 13 heavy (non-hydrogen) atoms. The topological polar surface area (TPSA) is 88.4 Å². The maximum Gasteiger partial charge on any atom is 0.145 e. The molecule has 6 nitrogen and oxygen atoms in total. The zero-order chi connectivity index (χ0) is 9.84. The predicted molar refractivity (Wildman–Crippen MR) is 40.7 cm³/mol. The summed E-state index contributed by atoms with van der Waals surface area (Å²) in [5.74, 6) is 0. The summed E-state index contributed by atoms with van der Waals surface area (Å²) in [4.78, 5) is 9.00. The van der Waals surface area contributed by atoms with Gasteiger partial charge in [-0.25, -0.2) is 9.78 Å². The molecule has 0 aromatic heterocycles. The first-order valence-electron chi connectivity index (χ1n) is 3.98. The van der Waals surface area contributed by atoms with Crippen LogP contribution in [0.25, 0.3) is 0 Å². The summed E-state index contributed by atoms with van der Waals surface area (Å²) >= 11 is 0. The van der Waals surface area contributed by atoms with Gasteiger partial charge < -0.3 is 20.1 Å². The van der Waals surface area contributed by atoms with E-state index in [0.29, 0.717) is 0 Å². The third-order valence-corrected chi connectivity index (χ3v) is 1.99. The number of ether oxygens (including phenoxy) is 1. The van der Waals surface area contributed by atoms with Gasteiger partial charge in [0.25, 0.3) is 0 Å². The first kappa shape index (κ1) is 10.8. The van der Waals surface area contributed by atoms with Gasteiger partial charge >= 0.3 is 0 Å². The van der Waals surface area contributed by atoms with Crippen LogP contribution in [0.3, 0.4) is 0 Å². The van der Waals surface area contributed by atoms with Gasteiger partial charge in [0.15, 0.2) is 0 Å². The van der Waals surface area contributed by atoms with E-state index in [0.717, 1.165) is 0 Å². The minimum atomic E-state index is -1.15. The zero-order valence-electron chi connectivity index (χ0n) is 7.29. The van der Waals surface area contributed by atoms with E-state index in [1.54, 1.807) is 0 Å². The molecule has 0 amide bonds. The first-order valence-corrected chi connectivity index (χ1v) is 3.98. The van der Waals surface area contributed by atoms with Crippen molar-refractivity contribution in [1.29, 1.82) is 0 Å². The lowest BCUT2D eigenvalue weighted by atomic mass is 10.0. The highest BCUT2D eigenvalue weighted by atomic mass is 17.2. The normalized spacial score (nSPS) is 40.6. The molecule has 1 heterocycles. The van der Waals surface area contributed by atoms with Gasteiger partial charge in [0, 0.05) is 0 Å². The van der Waals surface area contributed by atoms with Gasteiger partial charge in [-0.3, -0.25) is 0 Å². The third-order valence-electron chi connectivity index (χ3n) is 1.99. The van der Waals surface area contributed by atoms with E-state index < -0.39 is 24.4 Å². The lowest BCUT2D eigenvalue weighted by Gasteiger charge is -2.35. The third kappa shape index (κ3) is 2.37. The lowest BCUT2D eigenvalue weighted by Crippen LogP contribution is -2.54. The molecule has 0 aromatic rings. The van der Waals surface area contributed by atoms with Crippen molar-refractivity contribution in [3.63, 3.8) is 0 Å². The molecular weight excluding hydrogens is 180 g/mol. The molecule has 3 N–H and O–H groups in total. The molecule has 1 saturated heterocycles. The van der Waals surface area contributed by atoms with Gasteiger partial charge in [0.05, 0.1) is 20.3 Å². The fraction of sp³-hybridized carbons (Fsp3) is 1.00. The number of aliphatic hydroxyl groups excluding tert-OH is 3. The quantitative estimate of drug-likeness (QED) is 0.357. The second-order valence-corrected chi connectivity index (χ2v) is 2.84. The molecule has 0 bridgehead atoms. The van der Waals surface area contributed by atoms with E-state index in [-0.39, 0.29) is 13.2 Å². The SMILES string of the molecule is COOC1COC(CO)C(O)C1O. The van der Waals surface area contributed by atoms with Gasteiger partial charge in [0.2, 0.25) is 0 Å². The average Bonchev–Trinajstić information content (AvgIpc) is 2.14. The van der Waals surface area contributed by atoms with E-state index in [2.05, 4.69) is 9.78 Å². The largest absolute Gasteiger partial charge is 0.394 e. The summed E-state index contributed by atoms with van der Waals surface area (Å²) < 4.78 is 5.01. The van der Waals surface area contributed by atoms with E-state index >= 15 is 0 Å². The molecule has 6 heteroatoms. The van der Waals surface area contributed by atoms with Crippen molar-refractivity contribution >= 4 is 0 Å². The second kappa shape index (κ2) is 4.85. The van der Waals surface area contributed by atoms with Gasteiger partial charge in [-0.2, -0.15) is 0 Å². The number of hydrogen-bond donors (Lipinski definition) is 3. The van der Waals surface area contributed by atoms with Crippen molar-refractivity contribution in [3.8, 4) is 0 Å². The Morgan fingerprint density at radius 3 is 2.62 bits per heavy atom. The van der Waals surface area contributed by atoms with Crippen LogP contribution >= 0.6 is 0 Å². The molecule has 1 fully saturated rings. The molecule has 1 aliphatic rings. The van der Waals surface area contributed by atoms with Crippen LogP contribution in [0, 0.1) is 0 Å². The zero-order valence-corrected chi connectivity index (χ0v) is 7.29. The monoisotopic (exact) mass is 194 g/mol. The highest BCUT2D eigenvalue weighted by Gasteiger charge is 2.39. The van der Waals surface area contributed by atoms with Gasteiger partial charge in [-0.15, -0.1) is 0 Å². The Morgan fingerprint density at radius 2 is 2.08 bits per heavy atom. The number of aliphatic hydroxyl groups is 3. The van der Waals surface area contributed by atoms with Crippen LogP contribution in [-0.2, 0) is 14.5 Å².